The van der Waals surface area contributed by atoms with Gasteiger partial charge in [-0.1, -0.05) is 0 Å². The fourth-order valence-corrected chi connectivity index (χ4v) is 1.42. The number of amides is 1. The first-order chi connectivity index (χ1) is 6.79. The summed E-state index contributed by atoms with van der Waals surface area (Å²) in [7, 11) is 2.04. The summed E-state index contributed by atoms with van der Waals surface area (Å²) in [6, 6.07) is 0. The molecule has 0 aliphatic carbocycles. The van der Waals surface area contributed by atoms with Gasteiger partial charge in [0.25, 0.3) is 0 Å². The highest BCUT2D eigenvalue weighted by Gasteiger charge is 2.27. The second-order valence-corrected chi connectivity index (χ2v) is 5.06. The van der Waals surface area contributed by atoms with Crippen molar-refractivity contribution in [2.45, 2.75) is 33.3 Å². The molecule has 1 rings (SSSR count). The molecule has 0 radical (unpaired) electrons. The molecule has 0 aromatic heterocycles. The summed E-state index contributed by atoms with van der Waals surface area (Å²) in [4.78, 5) is 13.5. The van der Waals surface area contributed by atoms with Gasteiger partial charge in [-0.05, 0) is 20.8 Å². The molecule has 15 heavy (non-hydrogen) atoms. The molecular weight excluding hydrogens is 192 g/mol. The van der Waals surface area contributed by atoms with Crippen LogP contribution in [-0.2, 0) is 4.74 Å². The number of hydrogen-bond acceptors (Lipinski definition) is 2. The van der Waals surface area contributed by atoms with Crippen molar-refractivity contribution in [3.63, 3.8) is 0 Å². The third-order valence-electron chi connectivity index (χ3n) is 2.43. The zero-order chi connectivity index (χ0) is 11.6. The Labute approximate surface area is 91.5 Å². The van der Waals surface area contributed by atoms with Gasteiger partial charge in [-0.2, -0.15) is 0 Å². The molecule has 0 aromatic rings. The van der Waals surface area contributed by atoms with Crippen molar-refractivity contribution in [3.05, 3.63) is 0 Å². The Hall–Kier alpha value is -1.06. The van der Waals surface area contributed by atoms with Crippen LogP contribution in [0.4, 0.5) is 4.79 Å². The van der Waals surface area contributed by atoms with E-state index >= 15 is 0 Å². The predicted octanol–water partition coefficient (Wildman–Crippen LogP) is 1.34. The molecule has 4 heteroatoms. The summed E-state index contributed by atoms with van der Waals surface area (Å²) in [5, 5.41) is 0. The smallest absolute Gasteiger partial charge is 0.411 e. The molecule has 0 unspecified atom stereocenters. The van der Waals surface area contributed by atoms with Crippen LogP contribution in [0.3, 0.4) is 0 Å². The first-order valence-corrected chi connectivity index (χ1v) is 5.31. The van der Waals surface area contributed by atoms with Crippen LogP contribution >= 0.6 is 0 Å². The summed E-state index contributed by atoms with van der Waals surface area (Å²) in [5.74, 6) is 0. The number of carbonyl (C=O) groups excluding carboxylic acids is 1. The highest BCUT2D eigenvalue weighted by Crippen LogP contribution is 2.10. The van der Waals surface area contributed by atoms with Crippen LogP contribution in [0.5, 0.6) is 0 Å². The van der Waals surface area contributed by atoms with Gasteiger partial charge < -0.3 is 4.74 Å². The Bertz CT molecular complexity index is 289. The van der Waals surface area contributed by atoms with Crippen LogP contribution in [0.1, 0.15) is 27.7 Å². The van der Waals surface area contributed by atoms with Crippen molar-refractivity contribution in [2.75, 3.05) is 26.7 Å². The molecule has 1 aliphatic heterocycles. The van der Waals surface area contributed by atoms with E-state index in [1.807, 2.05) is 34.7 Å². The van der Waals surface area contributed by atoms with Crippen molar-refractivity contribution in [1.82, 2.24) is 4.90 Å². The van der Waals surface area contributed by atoms with E-state index in [0.29, 0.717) is 6.54 Å². The summed E-state index contributed by atoms with van der Waals surface area (Å²) in [6.45, 7) is 9.99. The maximum atomic E-state index is 11.7. The molecule has 1 amide bonds. The lowest BCUT2D eigenvalue weighted by molar-refractivity contribution is -0.503. The minimum absolute atomic E-state index is 0.213. The van der Waals surface area contributed by atoms with Crippen LogP contribution in [-0.4, -0.2) is 53.6 Å². The average Bonchev–Trinajstić information content (AvgIpc) is 2.06. The van der Waals surface area contributed by atoms with Gasteiger partial charge >= 0.3 is 6.09 Å². The SMILES string of the molecule is CC1=[N+](C)CCN(C(=O)OC(C)(C)C)C1. The lowest BCUT2D eigenvalue weighted by Gasteiger charge is -2.28. The number of rotatable bonds is 0. The van der Waals surface area contributed by atoms with E-state index < -0.39 is 5.60 Å². The molecule has 0 saturated heterocycles. The third kappa shape index (κ3) is 3.53. The minimum atomic E-state index is -0.408. The van der Waals surface area contributed by atoms with Crippen LogP contribution in [0.15, 0.2) is 0 Å². The quantitative estimate of drug-likeness (QED) is 0.569. The van der Waals surface area contributed by atoms with Crippen molar-refractivity contribution < 1.29 is 14.1 Å². The van der Waals surface area contributed by atoms with Crippen LogP contribution in [0.25, 0.3) is 0 Å². The zero-order valence-electron chi connectivity index (χ0n) is 10.3. The topological polar surface area (TPSA) is 32.5 Å². The molecule has 0 aromatic carbocycles. The molecule has 1 heterocycles. The van der Waals surface area contributed by atoms with Gasteiger partial charge in [0.1, 0.15) is 19.2 Å². The first-order valence-electron chi connectivity index (χ1n) is 5.31. The Morgan fingerprint density at radius 1 is 1.47 bits per heavy atom. The largest absolute Gasteiger partial charge is 0.444 e. The standard InChI is InChI=1S/C11H21N2O2/c1-9-8-13(7-6-12(9)5)10(14)15-11(2,3)4/h6-8H2,1-5H3/q+1. The highest BCUT2D eigenvalue weighted by atomic mass is 16.6. The lowest BCUT2D eigenvalue weighted by Crippen LogP contribution is -2.47. The van der Waals surface area contributed by atoms with Crippen molar-refractivity contribution in [3.8, 4) is 0 Å². The van der Waals surface area contributed by atoms with E-state index in [-0.39, 0.29) is 6.09 Å². The maximum absolute atomic E-state index is 11.7. The normalized spacial score (nSPS) is 18.1. The monoisotopic (exact) mass is 213 g/mol. The minimum Gasteiger partial charge on any atom is -0.444 e. The van der Waals surface area contributed by atoms with Gasteiger partial charge in [0.15, 0.2) is 12.3 Å². The first kappa shape index (κ1) is 12.0. The van der Waals surface area contributed by atoms with Crippen molar-refractivity contribution in [1.29, 1.82) is 0 Å². The van der Waals surface area contributed by atoms with E-state index in [1.54, 1.807) is 4.90 Å². The summed E-state index contributed by atoms with van der Waals surface area (Å²) in [5.41, 5.74) is 0.793. The van der Waals surface area contributed by atoms with E-state index in [4.69, 9.17) is 4.74 Å². The molecule has 86 valence electrons. The molecule has 4 nitrogen and oxygen atoms in total. The second-order valence-electron chi connectivity index (χ2n) is 5.06. The van der Waals surface area contributed by atoms with Crippen molar-refractivity contribution in [2.24, 2.45) is 0 Å². The fourth-order valence-electron chi connectivity index (χ4n) is 1.42. The molecule has 0 N–H and O–H groups in total. The third-order valence-corrected chi connectivity index (χ3v) is 2.43. The maximum Gasteiger partial charge on any atom is 0.411 e. The van der Waals surface area contributed by atoms with Gasteiger partial charge in [0.05, 0.1) is 6.54 Å². The molecule has 0 fully saturated rings. The van der Waals surface area contributed by atoms with Gasteiger partial charge in [-0.3, -0.25) is 4.90 Å². The van der Waals surface area contributed by atoms with Crippen molar-refractivity contribution >= 4 is 11.8 Å². The number of hydrogen-bond donors (Lipinski definition) is 0. The van der Waals surface area contributed by atoms with Crippen LogP contribution in [0.2, 0.25) is 0 Å². The average molecular weight is 213 g/mol. The summed E-state index contributed by atoms with van der Waals surface area (Å²) < 4.78 is 7.48. The number of carbonyl (C=O) groups is 1. The Kier molecular flexibility index (Phi) is 3.37. The number of nitrogens with zero attached hydrogens (tertiary/aromatic N) is 2. The van der Waals surface area contributed by atoms with E-state index in [0.717, 1.165) is 13.1 Å². The van der Waals surface area contributed by atoms with Gasteiger partial charge in [0, 0.05) is 6.92 Å². The Morgan fingerprint density at radius 2 is 2.07 bits per heavy atom. The predicted molar refractivity (Wildman–Crippen MR) is 59.5 cm³/mol. The fraction of sp³-hybridized carbons (Fsp3) is 0.818. The molecule has 0 bridgehead atoms. The zero-order valence-corrected chi connectivity index (χ0v) is 10.3. The number of ether oxygens (including phenoxy) is 1. The van der Waals surface area contributed by atoms with E-state index in [9.17, 15) is 4.79 Å². The number of likely N-dealkylation sites (N-methyl/N-ethyl adjacent to an activating group) is 1. The van der Waals surface area contributed by atoms with Gasteiger partial charge in [0.2, 0.25) is 0 Å². The molecule has 0 spiro atoms. The van der Waals surface area contributed by atoms with Crippen LogP contribution < -0.4 is 0 Å². The van der Waals surface area contributed by atoms with E-state index in [2.05, 4.69) is 4.58 Å². The molecule has 0 saturated carbocycles. The van der Waals surface area contributed by atoms with Crippen LogP contribution in [0, 0.1) is 0 Å². The summed E-state index contributed by atoms with van der Waals surface area (Å²) in [6.07, 6.45) is -0.213. The summed E-state index contributed by atoms with van der Waals surface area (Å²) >= 11 is 0. The lowest BCUT2D eigenvalue weighted by atomic mass is 10.2. The van der Waals surface area contributed by atoms with E-state index in [1.165, 1.54) is 5.71 Å². The Balaban J connectivity index is 2.57. The molecular formula is C11H21N2O2+. The molecule has 1 aliphatic rings. The Morgan fingerprint density at radius 3 is 2.53 bits per heavy atom. The van der Waals surface area contributed by atoms with Gasteiger partial charge in [-0.15, -0.1) is 0 Å². The molecule has 0 atom stereocenters. The second kappa shape index (κ2) is 4.21. The van der Waals surface area contributed by atoms with Gasteiger partial charge in [-0.25, -0.2) is 9.37 Å². The highest BCUT2D eigenvalue weighted by molar-refractivity contribution is 5.83.